The second-order valence-corrected chi connectivity index (χ2v) is 7.90. The average molecular weight is 351 g/mol. The van der Waals surface area contributed by atoms with Gasteiger partial charge in [0.1, 0.15) is 5.60 Å². The molecule has 0 fully saturated rings. The van der Waals surface area contributed by atoms with Crippen LogP contribution in [0.15, 0.2) is 42.5 Å². The lowest BCUT2D eigenvalue weighted by molar-refractivity contribution is -0.156. The number of hydrogen-bond donors (Lipinski definition) is 0. The highest BCUT2D eigenvalue weighted by Crippen LogP contribution is 2.30. The first-order valence-electron chi connectivity index (χ1n) is 8.90. The van der Waals surface area contributed by atoms with Crippen molar-refractivity contribution in [2.45, 2.75) is 52.7 Å². The Hall–Kier alpha value is -2.62. The van der Waals surface area contributed by atoms with Crippen molar-refractivity contribution in [1.29, 1.82) is 0 Å². The van der Waals surface area contributed by atoms with E-state index < -0.39 is 5.60 Å². The minimum atomic E-state index is -0.503. The van der Waals surface area contributed by atoms with E-state index in [4.69, 9.17) is 4.74 Å². The van der Waals surface area contributed by atoms with E-state index in [1.54, 1.807) is 4.90 Å². The third kappa shape index (κ3) is 3.64. The number of rotatable bonds is 3. The molecule has 1 heterocycles. The standard InChI is InChI=1S/C22H25NO3/c1-14-6-11-19-17(12-14)13-23(20(19)24)18-9-7-16(8-10-18)15(2)21(25)26-22(3,4)5/h6-12,15H,13H2,1-5H3. The fourth-order valence-corrected chi connectivity index (χ4v) is 3.13. The average Bonchev–Trinajstić information content (AvgIpc) is 2.89. The molecule has 1 atom stereocenters. The van der Waals surface area contributed by atoms with Gasteiger partial charge in [0.2, 0.25) is 0 Å². The molecule has 26 heavy (non-hydrogen) atoms. The number of carbonyl (C=O) groups excluding carboxylic acids is 2. The van der Waals surface area contributed by atoms with E-state index in [9.17, 15) is 9.59 Å². The lowest BCUT2D eigenvalue weighted by Gasteiger charge is -2.23. The summed E-state index contributed by atoms with van der Waals surface area (Å²) in [6.07, 6.45) is 0. The Morgan fingerprint density at radius 1 is 1.12 bits per heavy atom. The summed E-state index contributed by atoms with van der Waals surface area (Å²) < 4.78 is 5.45. The molecule has 0 radical (unpaired) electrons. The highest BCUT2D eigenvalue weighted by Gasteiger charge is 2.29. The van der Waals surface area contributed by atoms with Gasteiger partial charge in [-0.05, 0) is 63.9 Å². The van der Waals surface area contributed by atoms with Crippen molar-refractivity contribution < 1.29 is 14.3 Å². The number of nitrogens with zero attached hydrogens (tertiary/aromatic N) is 1. The number of amides is 1. The van der Waals surface area contributed by atoms with Gasteiger partial charge in [-0.2, -0.15) is 0 Å². The van der Waals surface area contributed by atoms with Crippen molar-refractivity contribution >= 4 is 17.6 Å². The molecule has 1 aliphatic heterocycles. The van der Waals surface area contributed by atoms with Gasteiger partial charge in [0, 0.05) is 11.3 Å². The smallest absolute Gasteiger partial charge is 0.313 e. The lowest BCUT2D eigenvalue weighted by Crippen LogP contribution is -2.27. The number of ether oxygens (including phenoxy) is 1. The predicted molar refractivity (Wildman–Crippen MR) is 102 cm³/mol. The number of anilines is 1. The summed E-state index contributed by atoms with van der Waals surface area (Å²) in [5.74, 6) is -0.573. The van der Waals surface area contributed by atoms with Crippen LogP contribution >= 0.6 is 0 Å². The van der Waals surface area contributed by atoms with Crippen LogP contribution in [0.1, 0.15) is 60.7 Å². The molecule has 0 saturated carbocycles. The van der Waals surface area contributed by atoms with Gasteiger partial charge in [-0.3, -0.25) is 9.59 Å². The van der Waals surface area contributed by atoms with Crippen molar-refractivity contribution in [1.82, 2.24) is 0 Å². The van der Waals surface area contributed by atoms with E-state index in [2.05, 4.69) is 6.07 Å². The Bertz CT molecular complexity index is 847. The third-order valence-electron chi connectivity index (χ3n) is 4.53. The van der Waals surface area contributed by atoms with Crippen LogP contribution in [-0.4, -0.2) is 17.5 Å². The quantitative estimate of drug-likeness (QED) is 0.759. The van der Waals surface area contributed by atoms with Gasteiger partial charge >= 0.3 is 5.97 Å². The molecule has 4 nitrogen and oxygen atoms in total. The number of aryl methyl sites for hydroxylation is 1. The maximum atomic E-state index is 12.6. The van der Waals surface area contributed by atoms with Gasteiger partial charge in [0.05, 0.1) is 12.5 Å². The third-order valence-corrected chi connectivity index (χ3v) is 4.53. The van der Waals surface area contributed by atoms with Gasteiger partial charge < -0.3 is 9.64 Å². The molecule has 0 N–H and O–H groups in total. The van der Waals surface area contributed by atoms with Crippen LogP contribution < -0.4 is 4.90 Å². The maximum absolute atomic E-state index is 12.6. The molecule has 0 aliphatic carbocycles. The molecule has 2 aromatic rings. The van der Waals surface area contributed by atoms with Crippen molar-refractivity contribution in [3.05, 3.63) is 64.7 Å². The first-order chi connectivity index (χ1) is 12.2. The van der Waals surface area contributed by atoms with Gasteiger partial charge in [0.15, 0.2) is 0 Å². The van der Waals surface area contributed by atoms with Gasteiger partial charge in [0.25, 0.3) is 5.91 Å². The van der Waals surface area contributed by atoms with Crippen LogP contribution in [0.2, 0.25) is 0 Å². The Kier molecular flexibility index (Phi) is 4.61. The molecule has 1 amide bonds. The Labute approximate surface area is 154 Å². The van der Waals surface area contributed by atoms with E-state index in [0.29, 0.717) is 6.54 Å². The van der Waals surface area contributed by atoms with E-state index in [1.165, 1.54) is 0 Å². The van der Waals surface area contributed by atoms with Crippen LogP contribution in [0, 0.1) is 6.92 Å². The summed E-state index contributed by atoms with van der Waals surface area (Å²) in [5.41, 5.74) is 4.19. The summed E-state index contributed by atoms with van der Waals surface area (Å²) in [6, 6.07) is 13.5. The number of fused-ring (bicyclic) bond motifs is 1. The van der Waals surface area contributed by atoms with Gasteiger partial charge in [-0.15, -0.1) is 0 Å². The predicted octanol–water partition coefficient (Wildman–Crippen LogP) is 4.60. The molecule has 1 aliphatic rings. The van der Waals surface area contributed by atoms with Crippen LogP contribution in [0.3, 0.4) is 0 Å². The summed E-state index contributed by atoms with van der Waals surface area (Å²) >= 11 is 0. The fraction of sp³-hybridized carbons (Fsp3) is 0.364. The Morgan fingerprint density at radius 2 is 1.77 bits per heavy atom. The highest BCUT2D eigenvalue weighted by atomic mass is 16.6. The molecule has 2 aromatic carbocycles. The van der Waals surface area contributed by atoms with E-state index in [0.717, 1.165) is 27.9 Å². The largest absolute Gasteiger partial charge is 0.460 e. The number of esters is 1. The number of benzene rings is 2. The van der Waals surface area contributed by atoms with Gasteiger partial charge in [-0.25, -0.2) is 0 Å². The summed E-state index contributed by atoms with van der Waals surface area (Å²) in [5, 5.41) is 0. The molecule has 1 unspecified atom stereocenters. The SMILES string of the molecule is Cc1ccc2c(c1)CN(c1ccc(C(C)C(=O)OC(C)(C)C)cc1)C2=O. The minimum absolute atomic E-state index is 0.0212. The zero-order valence-electron chi connectivity index (χ0n) is 16.0. The Morgan fingerprint density at radius 3 is 2.38 bits per heavy atom. The molecular weight excluding hydrogens is 326 g/mol. The summed E-state index contributed by atoms with van der Waals surface area (Å²) in [7, 11) is 0. The molecule has 4 heteroatoms. The second-order valence-electron chi connectivity index (χ2n) is 7.90. The molecule has 0 saturated heterocycles. The molecule has 0 bridgehead atoms. The van der Waals surface area contributed by atoms with Crippen LogP contribution in [0.4, 0.5) is 5.69 Å². The van der Waals surface area contributed by atoms with Crippen molar-refractivity contribution in [3.63, 3.8) is 0 Å². The lowest BCUT2D eigenvalue weighted by atomic mass is 10.0. The topological polar surface area (TPSA) is 46.6 Å². The monoisotopic (exact) mass is 351 g/mol. The maximum Gasteiger partial charge on any atom is 0.313 e. The highest BCUT2D eigenvalue weighted by molar-refractivity contribution is 6.10. The minimum Gasteiger partial charge on any atom is -0.460 e. The molecule has 0 aromatic heterocycles. The van der Waals surface area contributed by atoms with Crippen LogP contribution in [-0.2, 0) is 16.1 Å². The summed E-state index contributed by atoms with van der Waals surface area (Å²) in [4.78, 5) is 26.7. The van der Waals surface area contributed by atoms with Crippen molar-refractivity contribution in [3.8, 4) is 0 Å². The zero-order valence-corrected chi connectivity index (χ0v) is 16.0. The van der Waals surface area contributed by atoms with E-state index in [1.807, 2.05) is 71.0 Å². The molecule has 0 spiro atoms. The molecule has 136 valence electrons. The normalized spacial score (nSPS) is 15.0. The Balaban J connectivity index is 1.76. The first kappa shape index (κ1) is 18.2. The van der Waals surface area contributed by atoms with Crippen molar-refractivity contribution in [2.24, 2.45) is 0 Å². The second kappa shape index (κ2) is 6.60. The van der Waals surface area contributed by atoms with E-state index in [-0.39, 0.29) is 17.8 Å². The molecule has 3 rings (SSSR count). The summed E-state index contributed by atoms with van der Waals surface area (Å²) in [6.45, 7) is 10.0. The van der Waals surface area contributed by atoms with Crippen LogP contribution in [0.5, 0.6) is 0 Å². The first-order valence-corrected chi connectivity index (χ1v) is 8.90. The fourth-order valence-electron chi connectivity index (χ4n) is 3.13. The number of hydrogen-bond acceptors (Lipinski definition) is 3. The number of carbonyl (C=O) groups is 2. The van der Waals surface area contributed by atoms with Crippen molar-refractivity contribution in [2.75, 3.05) is 4.90 Å². The van der Waals surface area contributed by atoms with Gasteiger partial charge in [-0.1, -0.05) is 29.8 Å². The van der Waals surface area contributed by atoms with E-state index >= 15 is 0 Å². The zero-order chi connectivity index (χ0) is 19.1. The van der Waals surface area contributed by atoms with Crippen LogP contribution in [0.25, 0.3) is 0 Å². The molecular formula is C22H25NO3.